The lowest BCUT2D eigenvalue weighted by Crippen LogP contribution is -2.15. The number of carbonyl (C=O) groups excluding carboxylic acids is 2. The van der Waals surface area contributed by atoms with Crippen molar-refractivity contribution in [3.63, 3.8) is 0 Å². The zero-order chi connectivity index (χ0) is 21.8. The molecule has 3 aromatic rings. The number of hydrogen-bond acceptors (Lipinski definition) is 5. The fraction of sp³-hybridized carbons (Fsp3) is 0.217. The topological polar surface area (TPSA) is 66.8 Å². The second-order valence-corrected chi connectivity index (χ2v) is 6.67. The van der Waals surface area contributed by atoms with Crippen LogP contribution >= 0.6 is 0 Å². The zero-order valence-electron chi connectivity index (χ0n) is 17.2. The van der Waals surface area contributed by atoms with Crippen molar-refractivity contribution in [2.75, 3.05) is 20.8 Å². The third kappa shape index (κ3) is 4.20. The van der Waals surface area contributed by atoms with E-state index in [0.29, 0.717) is 28.4 Å². The second-order valence-electron chi connectivity index (χ2n) is 6.67. The monoisotopic (exact) mass is 411 g/mol. The van der Waals surface area contributed by atoms with Gasteiger partial charge in [0.15, 0.2) is 6.61 Å². The molecule has 0 aliphatic heterocycles. The van der Waals surface area contributed by atoms with Gasteiger partial charge in [-0.05, 0) is 56.3 Å². The van der Waals surface area contributed by atoms with Crippen LogP contribution in [0.5, 0.6) is 11.5 Å². The van der Waals surface area contributed by atoms with E-state index < -0.39 is 12.6 Å². The van der Waals surface area contributed by atoms with E-state index in [1.807, 2.05) is 6.92 Å². The summed E-state index contributed by atoms with van der Waals surface area (Å²) in [6, 6.07) is 12.5. The Labute approximate surface area is 173 Å². The van der Waals surface area contributed by atoms with Gasteiger partial charge < -0.3 is 18.8 Å². The van der Waals surface area contributed by atoms with E-state index in [4.69, 9.17) is 14.2 Å². The minimum atomic E-state index is -0.696. The lowest BCUT2D eigenvalue weighted by molar-refractivity contribution is 0.0471. The molecular formula is C23H22FNO5. The number of halogens is 1. The molecule has 2 aromatic carbocycles. The maximum atomic E-state index is 13.6. The van der Waals surface area contributed by atoms with Crippen LogP contribution in [-0.2, 0) is 4.74 Å². The van der Waals surface area contributed by atoms with Gasteiger partial charge in [-0.3, -0.25) is 4.79 Å². The first-order valence-electron chi connectivity index (χ1n) is 9.23. The van der Waals surface area contributed by atoms with E-state index >= 15 is 0 Å². The van der Waals surface area contributed by atoms with Gasteiger partial charge in [0.05, 0.1) is 14.2 Å². The van der Waals surface area contributed by atoms with Crippen LogP contribution in [0.25, 0.3) is 5.69 Å². The van der Waals surface area contributed by atoms with Crippen LogP contribution in [0.4, 0.5) is 4.39 Å². The third-order valence-electron chi connectivity index (χ3n) is 4.76. The smallest absolute Gasteiger partial charge is 0.342 e. The molecule has 0 radical (unpaired) electrons. The lowest BCUT2D eigenvalue weighted by atomic mass is 10.1. The highest BCUT2D eigenvalue weighted by Gasteiger charge is 2.20. The average Bonchev–Trinajstić information content (AvgIpc) is 3.05. The number of aryl methyl sites for hydroxylation is 1. The van der Waals surface area contributed by atoms with E-state index in [-0.39, 0.29) is 17.2 Å². The van der Waals surface area contributed by atoms with Crippen molar-refractivity contribution in [3.8, 4) is 17.2 Å². The van der Waals surface area contributed by atoms with Gasteiger partial charge in [-0.1, -0.05) is 6.07 Å². The normalized spacial score (nSPS) is 10.6. The summed E-state index contributed by atoms with van der Waals surface area (Å²) in [5.74, 6) is -0.640. The Morgan fingerprint density at radius 1 is 0.967 bits per heavy atom. The highest BCUT2D eigenvalue weighted by atomic mass is 19.1. The molecule has 6 nitrogen and oxygen atoms in total. The van der Waals surface area contributed by atoms with Crippen LogP contribution in [0, 0.1) is 19.7 Å². The van der Waals surface area contributed by atoms with Crippen molar-refractivity contribution in [1.82, 2.24) is 4.57 Å². The number of Topliss-reactive ketones (excluding diaryl/α,β-unsaturated/α-hetero) is 1. The molecule has 0 saturated heterocycles. The Balaban J connectivity index is 1.79. The summed E-state index contributed by atoms with van der Waals surface area (Å²) in [4.78, 5) is 25.2. The van der Waals surface area contributed by atoms with Gasteiger partial charge in [-0.2, -0.15) is 0 Å². The molecule has 0 aliphatic carbocycles. The highest BCUT2D eigenvalue weighted by molar-refractivity contribution is 6.01. The Kier molecular flexibility index (Phi) is 6.20. The SMILES string of the molecule is COc1ccc(OC)c(C(=O)OCC(=O)c2cc(C)n(-c3cccc(F)c3)c2C)c1. The number of rotatable bonds is 7. The molecule has 0 amide bonds. The molecule has 0 aliphatic rings. The van der Waals surface area contributed by atoms with Gasteiger partial charge in [0.1, 0.15) is 22.9 Å². The molecule has 0 bridgehead atoms. The molecule has 1 aromatic heterocycles. The Bertz CT molecular complexity index is 1100. The van der Waals surface area contributed by atoms with Crippen molar-refractivity contribution in [1.29, 1.82) is 0 Å². The summed E-state index contributed by atoms with van der Waals surface area (Å²) >= 11 is 0. The minimum absolute atomic E-state index is 0.162. The quantitative estimate of drug-likeness (QED) is 0.429. The number of esters is 1. The van der Waals surface area contributed by atoms with Crippen LogP contribution in [0.3, 0.4) is 0 Å². The van der Waals surface area contributed by atoms with Crippen LogP contribution in [-0.4, -0.2) is 37.1 Å². The first kappa shape index (κ1) is 21.1. The number of aromatic nitrogens is 1. The number of hydrogen-bond donors (Lipinski definition) is 0. The van der Waals surface area contributed by atoms with Crippen LogP contribution in [0.2, 0.25) is 0 Å². The summed E-state index contributed by atoms with van der Waals surface area (Å²) in [7, 11) is 2.92. The Hall–Kier alpha value is -3.61. The van der Waals surface area contributed by atoms with Crippen LogP contribution < -0.4 is 9.47 Å². The number of benzene rings is 2. The second kappa shape index (κ2) is 8.82. The Morgan fingerprint density at radius 3 is 2.40 bits per heavy atom. The maximum absolute atomic E-state index is 13.6. The van der Waals surface area contributed by atoms with E-state index in [1.54, 1.807) is 41.8 Å². The molecule has 1 heterocycles. The largest absolute Gasteiger partial charge is 0.497 e. The molecule has 0 spiro atoms. The summed E-state index contributed by atoms with van der Waals surface area (Å²) in [6.45, 7) is 3.15. The fourth-order valence-corrected chi connectivity index (χ4v) is 3.32. The van der Waals surface area contributed by atoms with Crippen molar-refractivity contribution in [3.05, 3.63) is 76.9 Å². The zero-order valence-corrected chi connectivity index (χ0v) is 17.2. The van der Waals surface area contributed by atoms with Crippen LogP contribution in [0.1, 0.15) is 32.1 Å². The molecule has 0 saturated carbocycles. The highest BCUT2D eigenvalue weighted by Crippen LogP contribution is 2.25. The molecule has 3 rings (SSSR count). The van der Waals surface area contributed by atoms with E-state index in [9.17, 15) is 14.0 Å². The van der Waals surface area contributed by atoms with Crippen molar-refractivity contribution in [2.24, 2.45) is 0 Å². The predicted octanol–water partition coefficient (Wildman–Crippen LogP) is 4.29. The average molecular weight is 411 g/mol. The standard InChI is InChI=1S/C23H22FNO5/c1-14-10-19(15(2)25(14)17-7-5-6-16(24)11-17)21(26)13-30-23(27)20-12-18(28-3)8-9-22(20)29-4/h5-12H,13H2,1-4H3. The van der Waals surface area contributed by atoms with Gasteiger partial charge in [0, 0.05) is 22.6 Å². The van der Waals surface area contributed by atoms with Gasteiger partial charge in [-0.25, -0.2) is 9.18 Å². The molecule has 30 heavy (non-hydrogen) atoms. The molecule has 0 fully saturated rings. The fourth-order valence-electron chi connectivity index (χ4n) is 3.32. The maximum Gasteiger partial charge on any atom is 0.342 e. The van der Waals surface area contributed by atoms with E-state index in [2.05, 4.69) is 0 Å². The molecule has 0 unspecified atom stereocenters. The predicted molar refractivity (Wildman–Crippen MR) is 109 cm³/mol. The molecular weight excluding hydrogens is 389 g/mol. The van der Waals surface area contributed by atoms with Gasteiger partial charge in [-0.15, -0.1) is 0 Å². The van der Waals surface area contributed by atoms with Gasteiger partial charge in [0.25, 0.3) is 0 Å². The molecule has 0 N–H and O–H groups in total. The number of ketones is 1. The molecule has 7 heteroatoms. The van der Waals surface area contributed by atoms with Crippen molar-refractivity contribution in [2.45, 2.75) is 13.8 Å². The summed E-state index contributed by atoms with van der Waals surface area (Å²) in [5, 5.41) is 0. The van der Waals surface area contributed by atoms with E-state index in [1.165, 1.54) is 32.4 Å². The molecule has 0 atom stereocenters. The summed E-state index contributed by atoms with van der Waals surface area (Å²) in [6.07, 6.45) is 0. The van der Waals surface area contributed by atoms with Crippen LogP contribution in [0.15, 0.2) is 48.5 Å². The van der Waals surface area contributed by atoms with Crippen molar-refractivity contribution >= 4 is 11.8 Å². The number of ether oxygens (including phenoxy) is 3. The Morgan fingerprint density at radius 2 is 1.73 bits per heavy atom. The van der Waals surface area contributed by atoms with E-state index in [0.717, 1.165) is 5.69 Å². The van der Waals surface area contributed by atoms with Crippen molar-refractivity contribution < 1.29 is 28.2 Å². The number of carbonyl (C=O) groups is 2. The number of methoxy groups -OCH3 is 2. The summed E-state index contributed by atoms with van der Waals surface area (Å²) < 4.78 is 30.9. The van der Waals surface area contributed by atoms with Gasteiger partial charge in [0.2, 0.25) is 5.78 Å². The third-order valence-corrected chi connectivity index (χ3v) is 4.76. The first-order chi connectivity index (χ1) is 14.3. The minimum Gasteiger partial charge on any atom is -0.497 e. The first-order valence-corrected chi connectivity index (χ1v) is 9.23. The lowest BCUT2D eigenvalue weighted by Gasteiger charge is -2.11. The molecule has 156 valence electrons. The van der Waals surface area contributed by atoms with Gasteiger partial charge >= 0.3 is 5.97 Å². The summed E-state index contributed by atoms with van der Waals surface area (Å²) in [5.41, 5.74) is 2.58. The number of nitrogens with zero attached hydrogens (tertiary/aromatic N) is 1.